The van der Waals surface area contributed by atoms with Crippen molar-refractivity contribution in [2.24, 2.45) is 4.99 Å². The SMILES string of the molecule is Cc1cccc(C)c1OCCCNCC1=c2ccccc2=NC1. The highest BCUT2D eigenvalue weighted by Crippen LogP contribution is 2.22. The van der Waals surface area contributed by atoms with Crippen LogP contribution in [0.3, 0.4) is 0 Å². The first-order valence-corrected chi connectivity index (χ1v) is 8.27. The third kappa shape index (κ3) is 3.80. The minimum absolute atomic E-state index is 0.745. The topological polar surface area (TPSA) is 33.6 Å². The molecule has 0 spiro atoms. The molecule has 2 aromatic rings. The van der Waals surface area contributed by atoms with Crippen molar-refractivity contribution in [1.82, 2.24) is 5.32 Å². The van der Waals surface area contributed by atoms with Crippen LogP contribution in [0.5, 0.6) is 5.75 Å². The van der Waals surface area contributed by atoms with E-state index >= 15 is 0 Å². The fourth-order valence-corrected chi connectivity index (χ4v) is 2.96. The average Bonchev–Trinajstić information content (AvgIpc) is 2.96. The van der Waals surface area contributed by atoms with Gasteiger partial charge in [0.2, 0.25) is 0 Å². The second-order valence-electron chi connectivity index (χ2n) is 6.04. The third-order valence-electron chi connectivity index (χ3n) is 4.22. The van der Waals surface area contributed by atoms with Crippen LogP contribution in [-0.2, 0) is 0 Å². The van der Waals surface area contributed by atoms with Crippen LogP contribution in [0, 0.1) is 13.8 Å². The minimum atomic E-state index is 0.745. The summed E-state index contributed by atoms with van der Waals surface area (Å²) in [6.07, 6.45) is 1.000. The average molecular weight is 308 g/mol. The number of nitrogens with one attached hydrogen (secondary N) is 1. The molecular formula is C20H24N2O. The zero-order chi connectivity index (χ0) is 16.1. The molecule has 3 rings (SSSR count). The first-order chi connectivity index (χ1) is 11.3. The van der Waals surface area contributed by atoms with Gasteiger partial charge in [-0.15, -0.1) is 0 Å². The van der Waals surface area contributed by atoms with Crippen molar-refractivity contribution >= 4 is 5.57 Å². The Morgan fingerprint density at radius 3 is 2.65 bits per heavy atom. The Morgan fingerprint density at radius 1 is 1.04 bits per heavy atom. The Morgan fingerprint density at radius 2 is 1.83 bits per heavy atom. The number of hydrogen-bond acceptors (Lipinski definition) is 3. The minimum Gasteiger partial charge on any atom is -0.493 e. The number of nitrogens with zero attached hydrogens (tertiary/aromatic N) is 1. The van der Waals surface area contributed by atoms with Crippen LogP contribution in [0.15, 0.2) is 47.5 Å². The molecule has 120 valence electrons. The second-order valence-corrected chi connectivity index (χ2v) is 6.04. The molecule has 0 saturated carbocycles. The molecule has 23 heavy (non-hydrogen) atoms. The van der Waals surface area contributed by atoms with E-state index in [0.29, 0.717) is 0 Å². The number of para-hydroxylation sites is 2. The molecule has 0 fully saturated rings. The predicted octanol–water partition coefficient (Wildman–Crippen LogP) is 2.15. The van der Waals surface area contributed by atoms with Crippen LogP contribution < -0.4 is 20.6 Å². The summed E-state index contributed by atoms with van der Waals surface area (Å²) in [5.74, 6) is 1.03. The second kappa shape index (κ2) is 7.42. The van der Waals surface area contributed by atoms with Crippen molar-refractivity contribution in [3.05, 3.63) is 64.2 Å². The van der Waals surface area contributed by atoms with Gasteiger partial charge in [-0.1, -0.05) is 36.4 Å². The Bertz CT molecular complexity index is 775. The van der Waals surface area contributed by atoms with Crippen LogP contribution in [0.25, 0.3) is 5.57 Å². The molecule has 1 aliphatic heterocycles. The Balaban J connectivity index is 1.43. The van der Waals surface area contributed by atoms with Gasteiger partial charge in [-0.05, 0) is 49.6 Å². The summed E-state index contributed by atoms with van der Waals surface area (Å²) < 4.78 is 5.93. The van der Waals surface area contributed by atoms with Crippen LogP contribution in [0.4, 0.5) is 0 Å². The number of ether oxygens (including phenoxy) is 1. The molecule has 3 heteroatoms. The van der Waals surface area contributed by atoms with Crippen molar-refractivity contribution in [3.8, 4) is 5.75 Å². The first-order valence-electron chi connectivity index (χ1n) is 8.27. The molecule has 3 nitrogen and oxygen atoms in total. The maximum absolute atomic E-state index is 5.93. The molecule has 1 heterocycles. The van der Waals surface area contributed by atoms with E-state index in [9.17, 15) is 0 Å². The van der Waals surface area contributed by atoms with Gasteiger partial charge in [0.05, 0.1) is 18.5 Å². The predicted molar refractivity (Wildman–Crippen MR) is 94.4 cm³/mol. The van der Waals surface area contributed by atoms with Gasteiger partial charge in [0.25, 0.3) is 0 Å². The number of benzene rings is 2. The zero-order valence-electron chi connectivity index (χ0n) is 13.9. The highest BCUT2D eigenvalue weighted by Gasteiger charge is 2.05. The number of fused-ring (bicyclic) bond motifs is 1. The summed E-state index contributed by atoms with van der Waals surface area (Å²) in [5.41, 5.74) is 3.80. The summed E-state index contributed by atoms with van der Waals surface area (Å²) in [7, 11) is 0. The molecule has 2 aromatic carbocycles. The molecule has 0 saturated heterocycles. The van der Waals surface area contributed by atoms with E-state index in [0.717, 1.165) is 43.8 Å². The highest BCUT2D eigenvalue weighted by molar-refractivity contribution is 5.50. The maximum atomic E-state index is 5.93. The largest absolute Gasteiger partial charge is 0.493 e. The fraction of sp³-hybridized carbons (Fsp3) is 0.350. The van der Waals surface area contributed by atoms with E-state index in [2.05, 4.69) is 60.6 Å². The smallest absolute Gasteiger partial charge is 0.125 e. The molecule has 0 unspecified atom stereocenters. The summed E-state index contributed by atoms with van der Waals surface area (Å²) in [6, 6.07) is 14.6. The lowest BCUT2D eigenvalue weighted by molar-refractivity contribution is 0.305. The van der Waals surface area contributed by atoms with Gasteiger partial charge in [0.15, 0.2) is 0 Å². The van der Waals surface area contributed by atoms with E-state index < -0.39 is 0 Å². The van der Waals surface area contributed by atoms with Gasteiger partial charge in [-0.3, -0.25) is 4.99 Å². The Labute approximate surface area is 137 Å². The zero-order valence-corrected chi connectivity index (χ0v) is 13.9. The van der Waals surface area contributed by atoms with E-state index in [1.54, 1.807) is 0 Å². The summed E-state index contributed by atoms with van der Waals surface area (Å²) in [6.45, 7) is 7.62. The molecule has 0 amide bonds. The summed E-state index contributed by atoms with van der Waals surface area (Å²) in [4.78, 5) is 4.55. The lowest BCUT2D eigenvalue weighted by Gasteiger charge is -2.12. The maximum Gasteiger partial charge on any atom is 0.125 e. The van der Waals surface area contributed by atoms with Crippen molar-refractivity contribution in [1.29, 1.82) is 0 Å². The van der Waals surface area contributed by atoms with Crippen molar-refractivity contribution < 1.29 is 4.74 Å². The lowest BCUT2D eigenvalue weighted by Crippen LogP contribution is -2.27. The summed E-state index contributed by atoms with van der Waals surface area (Å²) in [5, 5.41) is 5.93. The number of aryl methyl sites for hydroxylation is 2. The first kappa shape index (κ1) is 15.8. The van der Waals surface area contributed by atoms with Gasteiger partial charge in [-0.2, -0.15) is 0 Å². The normalized spacial score (nSPS) is 12.9. The van der Waals surface area contributed by atoms with Gasteiger partial charge in [-0.25, -0.2) is 0 Å². The lowest BCUT2D eigenvalue weighted by atomic mass is 10.1. The Kier molecular flexibility index (Phi) is 5.09. The molecule has 0 radical (unpaired) electrons. The van der Waals surface area contributed by atoms with Gasteiger partial charge in [0, 0.05) is 11.8 Å². The van der Waals surface area contributed by atoms with Crippen molar-refractivity contribution in [2.45, 2.75) is 20.3 Å². The van der Waals surface area contributed by atoms with Gasteiger partial charge >= 0.3 is 0 Å². The van der Waals surface area contributed by atoms with E-state index in [-0.39, 0.29) is 0 Å². The van der Waals surface area contributed by atoms with E-state index in [1.807, 2.05) is 6.07 Å². The quantitative estimate of drug-likeness (QED) is 0.795. The summed E-state index contributed by atoms with van der Waals surface area (Å²) >= 11 is 0. The fourth-order valence-electron chi connectivity index (χ4n) is 2.96. The van der Waals surface area contributed by atoms with Crippen LogP contribution >= 0.6 is 0 Å². The molecule has 0 aliphatic carbocycles. The van der Waals surface area contributed by atoms with E-state index in [4.69, 9.17) is 4.74 Å². The van der Waals surface area contributed by atoms with Gasteiger partial charge < -0.3 is 10.1 Å². The van der Waals surface area contributed by atoms with Crippen LogP contribution in [-0.4, -0.2) is 26.2 Å². The van der Waals surface area contributed by atoms with E-state index in [1.165, 1.54) is 21.9 Å². The van der Waals surface area contributed by atoms with Crippen LogP contribution in [0.1, 0.15) is 17.5 Å². The van der Waals surface area contributed by atoms with Crippen LogP contribution in [0.2, 0.25) is 0 Å². The number of hydrogen-bond donors (Lipinski definition) is 1. The highest BCUT2D eigenvalue weighted by atomic mass is 16.5. The standard InChI is InChI=1S/C20H24N2O/c1-15-7-5-8-16(2)20(15)23-12-6-11-21-13-17-14-22-19-10-4-3-9-18(17)19/h3-5,7-10,21H,6,11-14H2,1-2H3. The molecule has 1 N–H and O–H groups in total. The monoisotopic (exact) mass is 308 g/mol. The molecule has 0 bridgehead atoms. The third-order valence-corrected chi connectivity index (χ3v) is 4.22. The van der Waals surface area contributed by atoms with Crippen molar-refractivity contribution in [2.75, 3.05) is 26.2 Å². The van der Waals surface area contributed by atoms with Crippen molar-refractivity contribution in [3.63, 3.8) is 0 Å². The van der Waals surface area contributed by atoms with Gasteiger partial charge in [0.1, 0.15) is 5.75 Å². The molecular weight excluding hydrogens is 284 g/mol. The Hall–Kier alpha value is -2.13. The molecule has 0 atom stereocenters. The number of rotatable bonds is 7. The molecule has 0 aromatic heterocycles. The molecule has 1 aliphatic rings.